The molecule has 0 spiro atoms. The van der Waals surface area contributed by atoms with Gasteiger partial charge in [0, 0.05) is 21.7 Å². The van der Waals surface area contributed by atoms with Crippen LogP contribution in [0.4, 0.5) is 15.5 Å². The topological polar surface area (TPSA) is 111 Å². The molecule has 4 N–H and O–H groups in total. The van der Waals surface area contributed by atoms with Gasteiger partial charge in [0.2, 0.25) is 0 Å². The summed E-state index contributed by atoms with van der Waals surface area (Å²) in [5, 5.41) is 5.81. The van der Waals surface area contributed by atoms with Crippen molar-refractivity contribution in [2.45, 2.75) is 33.3 Å². The number of carbonyl (C=O) groups excluding carboxylic acids is 3. The SMILES string of the molecule is Cc1sc(NC(=O)c2ccc(NC(=O)OC(C)(C)C)cc2)c(C(N)=O)c1-c1ccccc1. The number of ether oxygens (including phenoxy) is 1. The number of hydrogen-bond acceptors (Lipinski definition) is 5. The first kappa shape index (κ1) is 23.0. The molecule has 2 aromatic carbocycles. The highest BCUT2D eigenvalue weighted by molar-refractivity contribution is 7.17. The number of nitrogens with two attached hydrogens (primary N) is 1. The number of anilines is 2. The molecule has 0 fully saturated rings. The summed E-state index contributed by atoms with van der Waals surface area (Å²) in [6.45, 7) is 7.20. The Balaban J connectivity index is 1.79. The molecule has 32 heavy (non-hydrogen) atoms. The summed E-state index contributed by atoms with van der Waals surface area (Å²) in [6, 6.07) is 15.8. The van der Waals surface area contributed by atoms with Crippen LogP contribution in [-0.4, -0.2) is 23.5 Å². The fourth-order valence-electron chi connectivity index (χ4n) is 3.12. The lowest BCUT2D eigenvalue weighted by Gasteiger charge is -2.19. The first-order valence-corrected chi connectivity index (χ1v) is 10.8. The van der Waals surface area contributed by atoms with Gasteiger partial charge in [0.15, 0.2) is 0 Å². The predicted molar refractivity (Wildman–Crippen MR) is 127 cm³/mol. The van der Waals surface area contributed by atoms with E-state index in [0.717, 1.165) is 16.0 Å². The maximum absolute atomic E-state index is 12.8. The van der Waals surface area contributed by atoms with Crippen molar-refractivity contribution in [3.63, 3.8) is 0 Å². The number of benzene rings is 2. The summed E-state index contributed by atoms with van der Waals surface area (Å²) in [4.78, 5) is 37.8. The van der Waals surface area contributed by atoms with E-state index in [1.807, 2.05) is 37.3 Å². The monoisotopic (exact) mass is 451 g/mol. The molecule has 8 heteroatoms. The van der Waals surface area contributed by atoms with E-state index in [0.29, 0.717) is 16.3 Å². The van der Waals surface area contributed by atoms with Crippen LogP contribution < -0.4 is 16.4 Å². The van der Waals surface area contributed by atoms with Crippen LogP contribution in [-0.2, 0) is 4.74 Å². The molecule has 0 aliphatic rings. The highest BCUT2D eigenvalue weighted by Gasteiger charge is 2.23. The van der Waals surface area contributed by atoms with Gasteiger partial charge in [0.05, 0.1) is 5.56 Å². The molecule has 3 rings (SSSR count). The number of amides is 3. The first-order valence-electron chi connectivity index (χ1n) is 9.95. The molecule has 0 aliphatic carbocycles. The summed E-state index contributed by atoms with van der Waals surface area (Å²) in [6.07, 6.45) is -0.580. The van der Waals surface area contributed by atoms with E-state index in [1.54, 1.807) is 45.0 Å². The van der Waals surface area contributed by atoms with Gasteiger partial charge in [0.25, 0.3) is 11.8 Å². The number of carbonyl (C=O) groups is 3. The maximum atomic E-state index is 12.8. The van der Waals surface area contributed by atoms with Gasteiger partial charge in [-0.25, -0.2) is 4.79 Å². The quantitative estimate of drug-likeness (QED) is 0.481. The van der Waals surface area contributed by atoms with Crippen LogP contribution >= 0.6 is 11.3 Å². The fourth-order valence-corrected chi connectivity index (χ4v) is 4.20. The van der Waals surface area contributed by atoms with Crippen LogP contribution in [0.15, 0.2) is 54.6 Å². The average Bonchev–Trinajstić information content (AvgIpc) is 3.03. The van der Waals surface area contributed by atoms with Crippen molar-refractivity contribution in [1.82, 2.24) is 0 Å². The van der Waals surface area contributed by atoms with E-state index in [4.69, 9.17) is 10.5 Å². The van der Waals surface area contributed by atoms with Crippen molar-refractivity contribution in [3.8, 4) is 11.1 Å². The van der Waals surface area contributed by atoms with Gasteiger partial charge >= 0.3 is 6.09 Å². The second-order valence-corrected chi connectivity index (χ2v) is 9.35. The number of aryl methyl sites for hydroxylation is 1. The number of thiophene rings is 1. The van der Waals surface area contributed by atoms with E-state index in [-0.39, 0.29) is 5.56 Å². The lowest BCUT2D eigenvalue weighted by Crippen LogP contribution is -2.27. The largest absolute Gasteiger partial charge is 0.444 e. The third-order valence-electron chi connectivity index (χ3n) is 4.41. The van der Waals surface area contributed by atoms with Crippen molar-refractivity contribution in [2.24, 2.45) is 5.73 Å². The molecule has 3 aromatic rings. The summed E-state index contributed by atoms with van der Waals surface area (Å²) >= 11 is 1.30. The smallest absolute Gasteiger partial charge is 0.412 e. The van der Waals surface area contributed by atoms with Crippen LogP contribution in [0.3, 0.4) is 0 Å². The Bertz CT molecular complexity index is 1150. The van der Waals surface area contributed by atoms with Crippen LogP contribution in [0.1, 0.15) is 46.4 Å². The molecule has 1 heterocycles. The van der Waals surface area contributed by atoms with Gasteiger partial charge < -0.3 is 15.8 Å². The normalized spacial score (nSPS) is 11.0. The number of rotatable bonds is 5. The molecule has 7 nitrogen and oxygen atoms in total. The van der Waals surface area contributed by atoms with Crippen LogP contribution in [0.2, 0.25) is 0 Å². The summed E-state index contributed by atoms with van der Waals surface area (Å²) in [7, 11) is 0. The highest BCUT2D eigenvalue weighted by atomic mass is 32.1. The van der Waals surface area contributed by atoms with Gasteiger partial charge in [-0.05, 0) is 57.5 Å². The Morgan fingerprint density at radius 1 is 0.938 bits per heavy atom. The van der Waals surface area contributed by atoms with Crippen molar-refractivity contribution in [3.05, 3.63) is 70.6 Å². The third kappa shape index (κ3) is 5.53. The Morgan fingerprint density at radius 3 is 2.12 bits per heavy atom. The maximum Gasteiger partial charge on any atom is 0.412 e. The lowest BCUT2D eigenvalue weighted by atomic mass is 10.0. The lowest BCUT2D eigenvalue weighted by molar-refractivity contribution is 0.0635. The molecule has 0 bridgehead atoms. The Labute approximate surface area is 190 Å². The number of primary amides is 1. The van der Waals surface area contributed by atoms with Gasteiger partial charge in [-0.15, -0.1) is 11.3 Å². The zero-order chi connectivity index (χ0) is 23.5. The van der Waals surface area contributed by atoms with Gasteiger partial charge in [-0.2, -0.15) is 0 Å². The molecule has 0 aliphatic heterocycles. The predicted octanol–water partition coefficient (Wildman–Crippen LogP) is 5.42. The first-order chi connectivity index (χ1) is 15.0. The van der Waals surface area contributed by atoms with Crippen LogP contribution in [0, 0.1) is 6.92 Å². The molecule has 0 radical (unpaired) electrons. The molecule has 166 valence electrons. The van der Waals surface area contributed by atoms with Crippen molar-refractivity contribution in [1.29, 1.82) is 0 Å². The molecule has 1 aromatic heterocycles. The minimum Gasteiger partial charge on any atom is -0.444 e. The molecular formula is C24H25N3O4S. The second-order valence-electron chi connectivity index (χ2n) is 8.13. The molecule has 0 saturated heterocycles. The molecule has 0 unspecified atom stereocenters. The number of nitrogens with one attached hydrogen (secondary N) is 2. The zero-order valence-electron chi connectivity index (χ0n) is 18.3. The van der Waals surface area contributed by atoms with Crippen LogP contribution in [0.25, 0.3) is 11.1 Å². The van der Waals surface area contributed by atoms with Crippen LogP contribution in [0.5, 0.6) is 0 Å². The molecule has 0 atom stereocenters. The third-order valence-corrected chi connectivity index (χ3v) is 5.43. The zero-order valence-corrected chi connectivity index (χ0v) is 19.1. The molecule has 0 saturated carbocycles. The molecule has 3 amide bonds. The van der Waals surface area contributed by atoms with E-state index in [9.17, 15) is 14.4 Å². The Kier molecular flexibility index (Phi) is 6.64. The van der Waals surface area contributed by atoms with E-state index >= 15 is 0 Å². The highest BCUT2D eigenvalue weighted by Crippen LogP contribution is 2.39. The standard InChI is InChI=1S/C24H25N3O4S/c1-14-18(15-8-6-5-7-9-15)19(20(25)28)22(32-14)27-21(29)16-10-12-17(13-11-16)26-23(30)31-24(2,3)4/h5-13H,1-4H3,(H2,25,28)(H,26,30)(H,27,29). The summed E-state index contributed by atoms with van der Waals surface area (Å²) in [5.74, 6) is -1.00. The van der Waals surface area contributed by atoms with E-state index in [1.165, 1.54) is 11.3 Å². The van der Waals surface area contributed by atoms with Crippen molar-refractivity contribution >= 4 is 39.9 Å². The van der Waals surface area contributed by atoms with Crippen molar-refractivity contribution in [2.75, 3.05) is 10.6 Å². The summed E-state index contributed by atoms with van der Waals surface area (Å²) in [5.41, 5.74) is 7.76. The minimum atomic E-state index is -0.612. The number of hydrogen-bond donors (Lipinski definition) is 3. The van der Waals surface area contributed by atoms with Gasteiger partial charge in [-0.3, -0.25) is 14.9 Å². The van der Waals surface area contributed by atoms with Crippen molar-refractivity contribution < 1.29 is 19.1 Å². The summed E-state index contributed by atoms with van der Waals surface area (Å²) < 4.78 is 5.21. The minimum absolute atomic E-state index is 0.287. The van der Waals surface area contributed by atoms with E-state index in [2.05, 4.69) is 10.6 Å². The second kappa shape index (κ2) is 9.23. The molecular weight excluding hydrogens is 426 g/mol. The Hall–Kier alpha value is -3.65. The van der Waals surface area contributed by atoms with E-state index < -0.39 is 23.5 Å². The van der Waals surface area contributed by atoms with Gasteiger partial charge in [0.1, 0.15) is 10.6 Å². The van der Waals surface area contributed by atoms with Gasteiger partial charge in [-0.1, -0.05) is 30.3 Å². The Morgan fingerprint density at radius 2 is 1.56 bits per heavy atom. The fraction of sp³-hybridized carbons (Fsp3) is 0.208. The average molecular weight is 452 g/mol.